The van der Waals surface area contributed by atoms with Gasteiger partial charge in [-0.15, -0.1) is 0 Å². The van der Waals surface area contributed by atoms with Crippen LogP contribution < -0.4 is 10.6 Å². The van der Waals surface area contributed by atoms with Crippen molar-refractivity contribution < 1.29 is 9.59 Å². The molecule has 2 N–H and O–H groups in total. The van der Waals surface area contributed by atoms with Crippen molar-refractivity contribution in [1.82, 2.24) is 19.9 Å². The van der Waals surface area contributed by atoms with Crippen molar-refractivity contribution in [2.75, 3.05) is 11.9 Å². The molecule has 27 heavy (non-hydrogen) atoms. The lowest BCUT2D eigenvalue weighted by Gasteiger charge is -2.10. The number of anilines is 1. The van der Waals surface area contributed by atoms with Crippen LogP contribution in [0.15, 0.2) is 49.1 Å². The summed E-state index contributed by atoms with van der Waals surface area (Å²) >= 11 is 0. The molecule has 0 aliphatic carbocycles. The summed E-state index contributed by atoms with van der Waals surface area (Å²) in [6.45, 7) is 5.50. The van der Waals surface area contributed by atoms with Crippen LogP contribution in [0.25, 0.3) is 10.9 Å². The summed E-state index contributed by atoms with van der Waals surface area (Å²) in [6, 6.07) is 7.89. The van der Waals surface area contributed by atoms with Gasteiger partial charge in [-0.05, 0) is 24.1 Å². The lowest BCUT2D eigenvalue weighted by atomic mass is 10.2. The normalized spacial score (nSPS) is 10.9. The molecule has 3 rings (SSSR count). The molecule has 0 saturated carbocycles. The van der Waals surface area contributed by atoms with Crippen LogP contribution in [0, 0.1) is 5.92 Å². The van der Waals surface area contributed by atoms with Gasteiger partial charge in [0.1, 0.15) is 5.69 Å². The fourth-order valence-electron chi connectivity index (χ4n) is 2.89. The van der Waals surface area contributed by atoms with Gasteiger partial charge in [0.2, 0.25) is 5.91 Å². The van der Waals surface area contributed by atoms with E-state index in [9.17, 15) is 9.59 Å². The maximum absolute atomic E-state index is 12.3. The third kappa shape index (κ3) is 4.69. The van der Waals surface area contributed by atoms with Gasteiger partial charge < -0.3 is 15.2 Å². The third-order valence-corrected chi connectivity index (χ3v) is 4.08. The predicted molar refractivity (Wildman–Crippen MR) is 104 cm³/mol. The smallest absolute Gasteiger partial charge is 0.271 e. The fourth-order valence-corrected chi connectivity index (χ4v) is 2.89. The molecule has 2 heterocycles. The second-order valence-corrected chi connectivity index (χ2v) is 6.75. The number of nitrogens with one attached hydrogen (secondary N) is 2. The lowest BCUT2D eigenvalue weighted by Crippen LogP contribution is -2.28. The van der Waals surface area contributed by atoms with E-state index in [2.05, 4.69) is 45.1 Å². The number of rotatable bonds is 7. The molecule has 1 aromatic carbocycles. The molecule has 2 aromatic heterocycles. The number of amides is 2. The minimum atomic E-state index is -0.344. The molecular formula is C20H23N5O2. The Morgan fingerprint density at radius 2 is 2.04 bits per heavy atom. The number of nitrogens with zero attached hydrogens (tertiary/aromatic N) is 3. The van der Waals surface area contributed by atoms with Gasteiger partial charge in [-0.3, -0.25) is 14.6 Å². The Labute approximate surface area is 157 Å². The first kappa shape index (κ1) is 18.6. The molecule has 0 atom stereocenters. The number of carbonyl (C=O) groups excluding carboxylic acids is 2. The predicted octanol–water partition coefficient (Wildman–Crippen LogP) is 2.85. The Balaban J connectivity index is 1.58. The lowest BCUT2D eigenvalue weighted by molar-refractivity contribution is -0.116. The van der Waals surface area contributed by atoms with E-state index >= 15 is 0 Å². The average molecular weight is 365 g/mol. The summed E-state index contributed by atoms with van der Waals surface area (Å²) < 4.78 is 2.19. The SMILES string of the molecule is CC(C)Cn1ccc2c(NC(=O)CCNC(=O)c3cnccn3)cccc21. The molecule has 7 heteroatoms. The van der Waals surface area contributed by atoms with E-state index in [-0.39, 0.29) is 30.5 Å². The van der Waals surface area contributed by atoms with E-state index in [0.29, 0.717) is 5.92 Å². The molecule has 2 amide bonds. The van der Waals surface area contributed by atoms with Crippen molar-refractivity contribution in [2.45, 2.75) is 26.8 Å². The van der Waals surface area contributed by atoms with Gasteiger partial charge >= 0.3 is 0 Å². The molecular weight excluding hydrogens is 342 g/mol. The minimum absolute atomic E-state index is 0.154. The maximum atomic E-state index is 12.3. The van der Waals surface area contributed by atoms with Crippen LogP contribution in [-0.4, -0.2) is 32.9 Å². The molecule has 0 bridgehead atoms. The Morgan fingerprint density at radius 3 is 2.78 bits per heavy atom. The van der Waals surface area contributed by atoms with Gasteiger partial charge in [0, 0.05) is 43.5 Å². The largest absolute Gasteiger partial charge is 0.350 e. The zero-order valence-corrected chi connectivity index (χ0v) is 15.5. The summed E-state index contributed by atoms with van der Waals surface area (Å²) in [4.78, 5) is 31.9. The van der Waals surface area contributed by atoms with E-state index in [0.717, 1.165) is 23.1 Å². The van der Waals surface area contributed by atoms with Crippen molar-refractivity contribution >= 4 is 28.4 Å². The summed E-state index contributed by atoms with van der Waals surface area (Å²) in [5.41, 5.74) is 2.10. The Kier molecular flexibility index (Phi) is 5.80. The molecule has 0 unspecified atom stereocenters. The van der Waals surface area contributed by atoms with Crippen LogP contribution in [0.1, 0.15) is 30.8 Å². The molecule has 0 aliphatic heterocycles. The van der Waals surface area contributed by atoms with E-state index in [1.807, 2.05) is 24.4 Å². The first-order chi connectivity index (χ1) is 13.0. The van der Waals surface area contributed by atoms with E-state index in [4.69, 9.17) is 0 Å². The molecule has 0 spiro atoms. The van der Waals surface area contributed by atoms with Crippen LogP contribution in [0.4, 0.5) is 5.69 Å². The highest BCUT2D eigenvalue weighted by atomic mass is 16.2. The second kappa shape index (κ2) is 8.44. The van der Waals surface area contributed by atoms with Crippen molar-refractivity contribution in [2.24, 2.45) is 5.92 Å². The number of aromatic nitrogens is 3. The van der Waals surface area contributed by atoms with Crippen LogP contribution in [0.5, 0.6) is 0 Å². The molecule has 7 nitrogen and oxygen atoms in total. The quantitative estimate of drug-likeness (QED) is 0.674. The van der Waals surface area contributed by atoms with Gasteiger partial charge in [0.15, 0.2) is 0 Å². The molecule has 0 saturated heterocycles. The Hall–Kier alpha value is -3.22. The molecule has 0 aliphatic rings. The highest BCUT2D eigenvalue weighted by Gasteiger charge is 2.11. The topological polar surface area (TPSA) is 88.9 Å². The number of hydrogen-bond donors (Lipinski definition) is 2. The number of carbonyl (C=O) groups is 2. The monoisotopic (exact) mass is 365 g/mol. The van der Waals surface area contributed by atoms with Gasteiger partial charge in [0.05, 0.1) is 17.4 Å². The Bertz CT molecular complexity index is 934. The second-order valence-electron chi connectivity index (χ2n) is 6.75. The van der Waals surface area contributed by atoms with Crippen molar-refractivity contribution in [3.8, 4) is 0 Å². The van der Waals surface area contributed by atoms with Crippen molar-refractivity contribution in [3.63, 3.8) is 0 Å². The summed E-state index contributed by atoms with van der Waals surface area (Å²) in [7, 11) is 0. The molecule has 0 fully saturated rings. The zero-order valence-electron chi connectivity index (χ0n) is 15.5. The van der Waals surface area contributed by atoms with Crippen LogP contribution >= 0.6 is 0 Å². The number of benzene rings is 1. The average Bonchev–Trinajstić information content (AvgIpc) is 3.06. The van der Waals surface area contributed by atoms with Crippen LogP contribution in [-0.2, 0) is 11.3 Å². The third-order valence-electron chi connectivity index (χ3n) is 4.08. The van der Waals surface area contributed by atoms with E-state index in [1.165, 1.54) is 18.6 Å². The molecule has 140 valence electrons. The summed E-state index contributed by atoms with van der Waals surface area (Å²) in [5.74, 6) is 0.0408. The maximum Gasteiger partial charge on any atom is 0.271 e. The van der Waals surface area contributed by atoms with E-state index in [1.54, 1.807) is 0 Å². The van der Waals surface area contributed by atoms with Crippen molar-refractivity contribution in [1.29, 1.82) is 0 Å². The first-order valence-electron chi connectivity index (χ1n) is 8.96. The van der Waals surface area contributed by atoms with Crippen LogP contribution in [0.2, 0.25) is 0 Å². The summed E-state index contributed by atoms with van der Waals surface area (Å²) in [5, 5.41) is 6.62. The van der Waals surface area contributed by atoms with Gasteiger partial charge in [-0.2, -0.15) is 0 Å². The van der Waals surface area contributed by atoms with Gasteiger partial charge in [0.25, 0.3) is 5.91 Å². The minimum Gasteiger partial charge on any atom is -0.350 e. The van der Waals surface area contributed by atoms with Gasteiger partial charge in [-0.1, -0.05) is 19.9 Å². The number of hydrogen-bond acceptors (Lipinski definition) is 4. The van der Waals surface area contributed by atoms with Crippen molar-refractivity contribution in [3.05, 3.63) is 54.7 Å². The highest BCUT2D eigenvalue weighted by Crippen LogP contribution is 2.25. The molecule has 0 radical (unpaired) electrons. The highest BCUT2D eigenvalue weighted by molar-refractivity contribution is 6.01. The number of fused-ring (bicyclic) bond motifs is 1. The Morgan fingerprint density at radius 1 is 1.19 bits per heavy atom. The standard InChI is InChI=1S/C20H23N5O2/c1-14(2)13-25-11-7-15-16(4-3-5-18(15)25)24-19(26)6-8-23-20(27)17-12-21-9-10-22-17/h3-5,7,9-12,14H,6,8,13H2,1-2H3,(H,23,27)(H,24,26). The zero-order chi connectivity index (χ0) is 19.2. The van der Waals surface area contributed by atoms with Crippen LogP contribution in [0.3, 0.4) is 0 Å². The van der Waals surface area contributed by atoms with Gasteiger partial charge in [-0.25, -0.2) is 4.98 Å². The first-order valence-corrected chi connectivity index (χ1v) is 8.96. The molecule has 3 aromatic rings. The fraction of sp³-hybridized carbons (Fsp3) is 0.300. The van der Waals surface area contributed by atoms with E-state index < -0.39 is 0 Å². The summed E-state index contributed by atoms with van der Waals surface area (Å²) in [6.07, 6.45) is 6.56.